The maximum absolute atomic E-state index is 13.7. The molecule has 3 rings (SSSR count). The molecule has 1 N–H and O–H groups in total. The van der Waals surface area contributed by atoms with Gasteiger partial charge in [-0.3, -0.25) is 4.79 Å². The van der Waals surface area contributed by atoms with E-state index in [2.05, 4.69) is 5.32 Å². The number of halogens is 2. The number of hydrogen-bond acceptors (Lipinski definition) is 3. The Kier molecular flexibility index (Phi) is 4.96. The standard InChI is InChI=1S/C14H17FN2O2.ClH/c15-12-4-2-1-3-11(12)13-9-17(5-6-19-13)14(18)10-7-16-8-10;/h1-4,10,13,16H,5-9H2;1H. The monoisotopic (exact) mass is 300 g/mol. The van der Waals surface area contributed by atoms with Crippen molar-refractivity contribution in [1.29, 1.82) is 0 Å². The molecular formula is C14H18ClFN2O2. The second kappa shape index (κ2) is 6.52. The average molecular weight is 301 g/mol. The summed E-state index contributed by atoms with van der Waals surface area (Å²) in [4.78, 5) is 14.0. The molecule has 20 heavy (non-hydrogen) atoms. The highest BCUT2D eigenvalue weighted by Crippen LogP contribution is 2.25. The number of morpholine rings is 1. The highest BCUT2D eigenvalue weighted by molar-refractivity contribution is 5.85. The van der Waals surface area contributed by atoms with E-state index < -0.39 is 0 Å². The number of nitrogens with one attached hydrogen (secondary N) is 1. The minimum Gasteiger partial charge on any atom is -0.370 e. The van der Waals surface area contributed by atoms with Gasteiger partial charge in [0.1, 0.15) is 11.9 Å². The number of amides is 1. The second-order valence-electron chi connectivity index (χ2n) is 5.02. The average Bonchev–Trinajstić information content (AvgIpc) is 2.37. The van der Waals surface area contributed by atoms with Crippen LogP contribution in [0.3, 0.4) is 0 Å². The van der Waals surface area contributed by atoms with Gasteiger partial charge in [-0.05, 0) is 6.07 Å². The van der Waals surface area contributed by atoms with Gasteiger partial charge in [0.05, 0.1) is 19.1 Å². The van der Waals surface area contributed by atoms with Crippen molar-refractivity contribution >= 4 is 18.3 Å². The van der Waals surface area contributed by atoms with E-state index in [1.807, 2.05) is 0 Å². The van der Waals surface area contributed by atoms with Gasteiger partial charge in [0.15, 0.2) is 0 Å². The zero-order valence-electron chi connectivity index (χ0n) is 11.0. The lowest BCUT2D eigenvalue weighted by Gasteiger charge is -2.37. The first kappa shape index (κ1) is 15.2. The molecule has 0 saturated carbocycles. The molecule has 1 unspecified atom stereocenters. The molecule has 0 aromatic heterocycles. The quantitative estimate of drug-likeness (QED) is 0.897. The van der Waals surface area contributed by atoms with Crippen molar-refractivity contribution in [3.05, 3.63) is 35.6 Å². The van der Waals surface area contributed by atoms with Crippen LogP contribution in [0.2, 0.25) is 0 Å². The van der Waals surface area contributed by atoms with Crippen LogP contribution in [-0.2, 0) is 9.53 Å². The van der Waals surface area contributed by atoms with Crippen LogP contribution in [0.1, 0.15) is 11.7 Å². The third-order valence-corrected chi connectivity index (χ3v) is 3.76. The van der Waals surface area contributed by atoms with E-state index in [-0.39, 0.29) is 36.2 Å². The van der Waals surface area contributed by atoms with Crippen LogP contribution in [0.25, 0.3) is 0 Å². The van der Waals surface area contributed by atoms with E-state index in [1.54, 1.807) is 23.1 Å². The highest BCUT2D eigenvalue weighted by Gasteiger charge is 2.33. The summed E-state index contributed by atoms with van der Waals surface area (Å²) in [7, 11) is 0. The maximum atomic E-state index is 13.7. The van der Waals surface area contributed by atoms with Crippen LogP contribution in [-0.4, -0.2) is 43.6 Å². The Bertz CT molecular complexity index is 482. The molecule has 0 radical (unpaired) electrons. The molecule has 0 aliphatic carbocycles. The molecular weight excluding hydrogens is 283 g/mol. The van der Waals surface area contributed by atoms with Gasteiger partial charge in [-0.15, -0.1) is 12.4 Å². The van der Waals surface area contributed by atoms with Gasteiger partial charge >= 0.3 is 0 Å². The molecule has 110 valence electrons. The Labute approximate surface area is 123 Å². The fourth-order valence-electron chi connectivity index (χ4n) is 2.50. The summed E-state index contributed by atoms with van der Waals surface area (Å²) in [6.07, 6.45) is -0.355. The Morgan fingerprint density at radius 3 is 2.75 bits per heavy atom. The van der Waals surface area contributed by atoms with Crippen LogP contribution in [0, 0.1) is 11.7 Å². The van der Waals surface area contributed by atoms with E-state index >= 15 is 0 Å². The minimum atomic E-state index is -0.355. The van der Waals surface area contributed by atoms with Gasteiger partial charge < -0.3 is 15.0 Å². The molecule has 1 atom stereocenters. The molecule has 4 nitrogen and oxygen atoms in total. The molecule has 2 aliphatic rings. The summed E-state index contributed by atoms with van der Waals surface area (Å²) < 4.78 is 19.4. The van der Waals surface area contributed by atoms with Gasteiger partial charge in [0.25, 0.3) is 0 Å². The van der Waals surface area contributed by atoms with Crippen molar-refractivity contribution in [3.8, 4) is 0 Å². The molecule has 0 bridgehead atoms. The number of hydrogen-bond donors (Lipinski definition) is 1. The molecule has 6 heteroatoms. The maximum Gasteiger partial charge on any atom is 0.228 e. The molecule has 1 aromatic carbocycles. The highest BCUT2D eigenvalue weighted by atomic mass is 35.5. The van der Waals surface area contributed by atoms with Crippen molar-refractivity contribution in [1.82, 2.24) is 10.2 Å². The SMILES string of the molecule is Cl.O=C(C1CNC1)N1CCOC(c2ccccc2F)C1. The first-order valence-corrected chi connectivity index (χ1v) is 6.61. The molecule has 1 aromatic rings. The number of ether oxygens (including phenoxy) is 1. The first-order chi connectivity index (χ1) is 9.25. The smallest absolute Gasteiger partial charge is 0.228 e. The Morgan fingerprint density at radius 1 is 1.35 bits per heavy atom. The zero-order valence-corrected chi connectivity index (χ0v) is 11.9. The van der Waals surface area contributed by atoms with Crippen molar-refractivity contribution in [2.24, 2.45) is 5.92 Å². The van der Waals surface area contributed by atoms with Crippen LogP contribution in [0.5, 0.6) is 0 Å². The molecule has 2 saturated heterocycles. The third-order valence-electron chi connectivity index (χ3n) is 3.76. The Hall–Kier alpha value is -1.17. The summed E-state index contributed by atoms with van der Waals surface area (Å²) in [6, 6.07) is 6.59. The number of carbonyl (C=O) groups is 1. The van der Waals surface area contributed by atoms with Gasteiger partial charge in [0, 0.05) is 25.2 Å². The summed E-state index contributed by atoms with van der Waals surface area (Å²) in [5.74, 6) is -0.0325. The predicted octanol–water partition coefficient (Wildman–Crippen LogP) is 1.37. The van der Waals surface area contributed by atoms with Crippen molar-refractivity contribution in [2.45, 2.75) is 6.10 Å². The summed E-state index contributed by atoms with van der Waals surface area (Å²) in [5, 5.41) is 3.09. The normalized spacial score (nSPS) is 22.9. The number of carbonyl (C=O) groups excluding carboxylic acids is 1. The lowest BCUT2D eigenvalue weighted by molar-refractivity contribution is -0.145. The fourth-order valence-corrected chi connectivity index (χ4v) is 2.50. The first-order valence-electron chi connectivity index (χ1n) is 6.61. The number of nitrogens with zero attached hydrogens (tertiary/aromatic N) is 1. The van der Waals surface area contributed by atoms with Crippen molar-refractivity contribution in [3.63, 3.8) is 0 Å². The van der Waals surface area contributed by atoms with E-state index in [9.17, 15) is 9.18 Å². The van der Waals surface area contributed by atoms with E-state index in [1.165, 1.54) is 6.07 Å². The van der Waals surface area contributed by atoms with Crippen LogP contribution in [0.4, 0.5) is 4.39 Å². The molecule has 2 fully saturated rings. The Morgan fingerprint density at radius 2 is 2.10 bits per heavy atom. The van der Waals surface area contributed by atoms with E-state index in [4.69, 9.17) is 4.74 Å². The minimum absolute atomic E-state index is 0. The number of rotatable bonds is 2. The zero-order chi connectivity index (χ0) is 13.2. The van der Waals surface area contributed by atoms with Crippen molar-refractivity contribution in [2.75, 3.05) is 32.8 Å². The summed E-state index contributed by atoms with van der Waals surface area (Å²) >= 11 is 0. The molecule has 0 spiro atoms. The van der Waals surface area contributed by atoms with Crippen LogP contribution >= 0.6 is 12.4 Å². The predicted molar refractivity (Wildman–Crippen MR) is 75.3 cm³/mol. The fraction of sp³-hybridized carbons (Fsp3) is 0.500. The summed E-state index contributed by atoms with van der Waals surface area (Å²) in [5.41, 5.74) is 0.534. The lowest BCUT2D eigenvalue weighted by atomic mass is 10.0. The molecule has 2 heterocycles. The second-order valence-corrected chi connectivity index (χ2v) is 5.02. The third kappa shape index (κ3) is 2.95. The number of benzene rings is 1. The van der Waals surface area contributed by atoms with Crippen LogP contribution < -0.4 is 5.32 Å². The van der Waals surface area contributed by atoms with Crippen molar-refractivity contribution < 1.29 is 13.9 Å². The van der Waals surface area contributed by atoms with Gasteiger partial charge in [0.2, 0.25) is 5.91 Å². The largest absolute Gasteiger partial charge is 0.370 e. The van der Waals surface area contributed by atoms with E-state index in [0.29, 0.717) is 25.3 Å². The van der Waals surface area contributed by atoms with Crippen LogP contribution in [0.15, 0.2) is 24.3 Å². The van der Waals surface area contributed by atoms with Gasteiger partial charge in [-0.1, -0.05) is 18.2 Å². The lowest BCUT2D eigenvalue weighted by Crippen LogP contribution is -2.54. The summed E-state index contributed by atoms with van der Waals surface area (Å²) in [6.45, 7) is 3.00. The van der Waals surface area contributed by atoms with Gasteiger partial charge in [-0.2, -0.15) is 0 Å². The molecule has 1 amide bonds. The molecule has 2 aliphatic heterocycles. The van der Waals surface area contributed by atoms with E-state index in [0.717, 1.165) is 13.1 Å². The topological polar surface area (TPSA) is 41.6 Å². The Balaban J connectivity index is 0.00000147. The van der Waals surface area contributed by atoms with Gasteiger partial charge in [-0.25, -0.2) is 4.39 Å².